The highest BCUT2D eigenvalue weighted by molar-refractivity contribution is 5.97. The molecule has 0 fully saturated rings. The van der Waals surface area contributed by atoms with Gasteiger partial charge in [-0.1, -0.05) is 0 Å². The first-order chi connectivity index (χ1) is 11.1. The molecule has 2 aromatic heterocycles. The molecule has 0 unspecified atom stereocenters. The highest BCUT2D eigenvalue weighted by Gasteiger charge is 2.12. The van der Waals surface area contributed by atoms with Crippen LogP contribution >= 0.6 is 0 Å². The van der Waals surface area contributed by atoms with Gasteiger partial charge in [0.15, 0.2) is 5.69 Å². The SMILES string of the molecule is O=C(NNC(=O)c1ccc[nH]1)c1ccn(-c2ccc(F)cc2)n1. The van der Waals surface area contributed by atoms with Crippen molar-refractivity contribution >= 4 is 11.8 Å². The number of aromatic nitrogens is 3. The molecular weight excluding hydrogens is 301 g/mol. The second kappa shape index (κ2) is 6.14. The van der Waals surface area contributed by atoms with Crippen LogP contribution in [0.2, 0.25) is 0 Å². The Kier molecular flexibility index (Phi) is 3.88. The lowest BCUT2D eigenvalue weighted by Gasteiger charge is -2.04. The largest absolute Gasteiger partial charge is 0.357 e. The number of benzene rings is 1. The minimum Gasteiger partial charge on any atom is -0.357 e. The van der Waals surface area contributed by atoms with Crippen LogP contribution in [0.1, 0.15) is 21.0 Å². The van der Waals surface area contributed by atoms with Crippen molar-refractivity contribution in [3.05, 3.63) is 72.1 Å². The van der Waals surface area contributed by atoms with Crippen LogP contribution in [-0.2, 0) is 0 Å². The zero-order valence-corrected chi connectivity index (χ0v) is 11.8. The van der Waals surface area contributed by atoms with Crippen molar-refractivity contribution in [2.24, 2.45) is 0 Å². The fourth-order valence-corrected chi connectivity index (χ4v) is 1.90. The van der Waals surface area contributed by atoms with Gasteiger partial charge in [0.2, 0.25) is 0 Å². The highest BCUT2D eigenvalue weighted by Crippen LogP contribution is 2.08. The predicted molar refractivity (Wildman–Crippen MR) is 79.2 cm³/mol. The van der Waals surface area contributed by atoms with E-state index >= 15 is 0 Å². The zero-order valence-electron chi connectivity index (χ0n) is 11.8. The van der Waals surface area contributed by atoms with Crippen molar-refractivity contribution in [2.75, 3.05) is 0 Å². The van der Waals surface area contributed by atoms with E-state index in [9.17, 15) is 14.0 Å². The summed E-state index contributed by atoms with van der Waals surface area (Å²) in [6.07, 6.45) is 3.16. The zero-order chi connectivity index (χ0) is 16.2. The third-order valence-corrected chi connectivity index (χ3v) is 3.05. The van der Waals surface area contributed by atoms with Gasteiger partial charge in [-0.05, 0) is 42.5 Å². The van der Waals surface area contributed by atoms with Crippen molar-refractivity contribution in [3.63, 3.8) is 0 Å². The van der Waals surface area contributed by atoms with E-state index in [1.807, 2.05) is 0 Å². The van der Waals surface area contributed by atoms with Gasteiger partial charge in [0.1, 0.15) is 11.5 Å². The average molecular weight is 313 g/mol. The number of H-pyrrole nitrogens is 1. The molecule has 0 aliphatic carbocycles. The second-order valence-corrected chi connectivity index (χ2v) is 4.61. The van der Waals surface area contributed by atoms with Crippen molar-refractivity contribution in [1.82, 2.24) is 25.6 Å². The first-order valence-corrected chi connectivity index (χ1v) is 6.69. The molecule has 0 atom stereocenters. The van der Waals surface area contributed by atoms with Gasteiger partial charge in [0.25, 0.3) is 11.8 Å². The fraction of sp³-hybridized carbons (Fsp3) is 0. The molecule has 3 N–H and O–H groups in total. The van der Waals surface area contributed by atoms with Crippen molar-refractivity contribution in [3.8, 4) is 5.69 Å². The molecule has 23 heavy (non-hydrogen) atoms. The summed E-state index contributed by atoms with van der Waals surface area (Å²) in [7, 11) is 0. The molecule has 0 aliphatic heterocycles. The monoisotopic (exact) mass is 313 g/mol. The number of nitrogens with zero attached hydrogens (tertiary/aromatic N) is 2. The Bertz CT molecular complexity index is 824. The van der Waals surface area contributed by atoms with Crippen LogP contribution in [0.4, 0.5) is 4.39 Å². The number of amides is 2. The summed E-state index contributed by atoms with van der Waals surface area (Å²) in [6, 6.07) is 10.4. The van der Waals surface area contributed by atoms with E-state index in [1.165, 1.54) is 35.0 Å². The standard InChI is InChI=1S/C15H12FN5O2/c16-10-3-5-11(6-4-10)21-9-7-13(20-21)15(23)19-18-14(22)12-2-1-8-17-12/h1-9,17H,(H,18,22)(H,19,23). The van der Waals surface area contributed by atoms with Crippen LogP contribution in [0, 0.1) is 5.82 Å². The van der Waals surface area contributed by atoms with E-state index in [0.717, 1.165) is 0 Å². The number of rotatable bonds is 3. The molecule has 3 rings (SSSR count). The summed E-state index contributed by atoms with van der Waals surface area (Å²) in [5.41, 5.74) is 5.58. The normalized spacial score (nSPS) is 10.3. The molecule has 0 radical (unpaired) electrons. The average Bonchev–Trinajstić information content (AvgIpc) is 3.24. The Hall–Kier alpha value is -3.42. The van der Waals surface area contributed by atoms with Gasteiger partial charge in [0, 0.05) is 12.4 Å². The number of hydrogen-bond donors (Lipinski definition) is 3. The number of nitrogens with one attached hydrogen (secondary N) is 3. The van der Waals surface area contributed by atoms with Crippen molar-refractivity contribution in [1.29, 1.82) is 0 Å². The summed E-state index contributed by atoms with van der Waals surface area (Å²) in [5, 5.41) is 4.07. The minimum atomic E-state index is -0.564. The predicted octanol–water partition coefficient (Wildman–Crippen LogP) is 1.41. The molecular formula is C15H12FN5O2. The number of carbonyl (C=O) groups is 2. The summed E-state index contributed by atoms with van der Waals surface area (Å²) in [6.45, 7) is 0. The lowest BCUT2D eigenvalue weighted by molar-refractivity contribution is 0.0841. The molecule has 7 nitrogen and oxygen atoms in total. The first-order valence-electron chi connectivity index (χ1n) is 6.69. The summed E-state index contributed by atoms with van der Waals surface area (Å²) in [5.74, 6) is -1.39. The molecule has 116 valence electrons. The van der Waals surface area contributed by atoms with E-state index in [1.54, 1.807) is 24.5 Å². The fourth-order valence-electron chi connectivity index (χ4n) is 1.90. The van der Waals surface area contributed by atoms with Crippen LogP contribution in [0.3, 0.4) is 0 Å². The van der Waals surface area contributed by atoms with Gasteiger partial charge >= 0.3 is 0 Å². The third kappa shape index (κ3) is 3.26. The summed E-state index contributed by atoms with van der Waals surface area (Å²) >= 11 is 0. The molecule has 0 bridgehead atoms. The lowest BCUT2D eigenvalue weighted by Crippen LogP contribution is -2.42. The van der Waals surface area contributed by atoms with Gasteiger partial charge in [0.05, 0.1) is 5.69 Å². The molecule has 0 aliphatic rings. The van der Waals surface area contributed by atoms with Crippen molar-refractivity contribution < 1.29 is 14.0 Å². The Morgan fingerprint density at radius 3 is 2.48 bits per heavy atom. The molecule has 0 spiro atoms. The summed E-state index contributed by atoms with van der Waals surface area (Å²) in [4.78, 5) is 26.3. The first kappa shape index (κ1) is 14.5. The van der Waals surface area contributed by atoms with E-state index in [4.69, 9.17) is 0 Å². The minimum absolute atomic E-state index is 0.112. The molecule has 2 heterocycles. The van der Waals surface area contributed by atoms with Crippen LogP contribution in [0.15, 0.2) is 54.9 Å². The van der Waals surface area contributed by atoms with E-state index in [-0.39, 0.29) is 11.5 Å². The number of hydrazine groups is 1. The maximum absolute atomic E-state index is 12.9. The van der Waals surface area contributed by atoms with Gasteiger partial charge in [-0.2, -0.15) is 5.10 Å². The molecule has 0 saturated carbocycles. The summed E-state index contributed by atoms with van der Waals surface area (Å²) < 4.78 is 14.3. The number of carbonyl (C=O) groups excluding carboxylic acids is 2. The topological polar surface area (TPSA) is 91.8 Å². The quantitative estimate of drug-likeness (QED) is 0.639. The van der Waals surface area contributed by atoms with Gasteiger partial charge in [-0.3, -0.25) is 20.4 Å². The van der Waals surface area contributed by atoms with Crippen LogP contribution in [0.25, 0.3) is 5.69 Å². The highest BCUT2D eigenvalue weighted by atomic mass is 19.1. The number of hydrogen-bond acceptors (Lipinski definition) is 3. The Labute approximate surface area is 130 Å². The van der Waals surface area contributed by atoms with Gasteiger partial charge in [-0.25, -0.2) is 9.07 Å². The Morgan fingerprint density at radius 2 is 1.78 bits per heavy atom. The molecule has 1 aromatic carbocycles. The molecule has 2 amide bonds. The molecule has 8 heteroatoms. The lowest BCUT2D eigenvalue weighted by atomic mass is 10.3. The van der Waals surface area contributed by atoms with Crippen LogP contribution in [0.5, 0.6) is 0 Å². The van der Waals surface area contributed by atoms with Crippen LogP contribution < -0.4 is 10.9 Å². The van der Waals surface area contributed by atoms with E-state index < -0.39 is 11.8 Å². The smallest absolute Gasteiger partial charge is 0.290 e. The Morgan fingerprint density at radius 1 is 1.04 bits per heavy atom. The number of aromatic amines is 1. The van der Waals surface area contributed by atoms with Gasteiger partial charge in [-0.15, -0.1) is 0 Å². The number of halogens is 1. The third-order valence-electron chi connectivity index (χ3n) is 3.05. The van der Waals surface area contributed by atoms with Gasteiger partial charge < -0.3 is 4.98 Å². The molecule has 0 saturated heterocycles. The van der Waals surface area contributed by atoms with E-state index in [2.05, 4.69) is 20.9 Å². The second-order valence-electron chi connectivity index (χ2n) is 4.61. The van der Waals surface area contributed by atoms with Crippen LogP contribution in [-0.4, -0.2) is 26.6 Å². The Balaban J connectivity index is 1.64. The van der Waals surface area contributed by atoms with Crippen molar-refractivity contribution in [2.45, 2.75) is 0 Å². The molecule has 3 aromatic rings. The van der Waals surface area contributed by atoms with E-state index in [0.29, 0.717) is 11.4 Å². The maximum atomic E-state index is 12.9. The maximum Gasteiger partial charge on any atom is 0.290 e.